The summed E-state index contributed by atoms with van der Waals surface area (Å²) in [5.74, 6) is 5.68. The molecule has 0 aliphatic carbocycles. The van der Waals surface area contributed by atoms with Gasteiger partial charge in [0, 0.05) is 6.04 Å². The average molecular weight is 260 g/mol. The third kappa shape index (κ3) is 3.42. The quantitative estimate of drug-likeness (QED) is 0.640. The minimum atomic E-state index is 0.292. The molecule has 0 amide bonds. The number of nitrogens with one attached hydrogen (secondary N) is 1. The topological polar surface area (TPSA) is 38.0 Å². The van der Waals surface area contributed by atoms with Crippen LogP contribution in [0.3, 0.4) is 0 Å². The van der Waals surface area contributed by atoms with Crippen molar-refractivity contribution in [2.45, 2.75) is 32.7 Å². The lowest BCUT2D eigenvalue weighted by Gasteiger charge is -2.17. The number of thiophene rings is 1. The summed E-state index contributed by atoms with van der Waals surface area (Å²) in [6.45, 7) is 4.29. The zero-order valence-corrected chi connectivity index (χ0v) is 11.8. The molecule has 0 fully saturated rings. The van der Waals surface area contributed by atoms with Crippen molar-refractivity contribution in [3.8, 4) is 0 Å². The highest BCUT2D eigenvalue weighted by molar-refractivity contribution is 7.07. The van der Waals surface area contributed by atoms with Crippen molar-refractivity contribution in [2.24, 2.45) is 5.84 Å². The van der Waals surface area contributed by atoms with Gasteiger partial charge in [-0.1, -0.05) is 23.8 Å². The number of rotatable bonds is 5. The SMILES string of the molecule is Cc1ccc(C)c(CC(Cc2ccsc2)NN)c1. The van der Waals surface area contributed by atoms with Gasteiger partial charge in [-0.2, -0.15) is 11.3 Å². The van der Waals surface area contributed by atoms with Gasteiger partial charge in [0.15, 0.2) is 0 Å². The monoisotopic (exact) mass is 260 g/mol. The van der Waals surface area contributed by atoms with E-state index < -0.39 is 0 Å². The molecule has 2 aromatic rings. The van der Waals surface area contributed by atoms with E-state index in [9.17, 15) is 0 Å². The number of hydrogen-bond donors (Lipinski definition) is 2. The lowest BCUT2D eigenvalue weighted by atomic mass is 9.96. The van der Waals surface area contributed by atoms with Crippen LogP contribution in [-0.4, -0.2) is 6.04 Å². The number of hydrogen-bond acceptors (Lipinski definition) is 3. The van der Waals surface area contributed by atoms with Crippen LogP contribution in [0.15, 0.2) is 35.0 Å². The van der Waals surface area contributed by atoms with Gasteiger partial charge in [-0.25, -0.2) is 0 Å². The van der Waals surface area contributed by atoms with Gasteiger partial charge in [-0.15, -0.1) is 0 Å². The van der Waals surface area contributed by atoms with Crippen LogP contribution >= 0.6 is 11.3 Å². The summed E-state index contributed by atoms with van der Waals surface area (Å²) in [4.78, 5) is 0. The van der Waals surface area contributed by atoms with E-state index in [0.717, 1.165) is 12.8 Å². The molecule has 0 saturated carbocycles. The fourth-order valence-corrected chi connectivity index (χ4v) is 2.85. The third-order valence-electron chi connectivity index (χ3n) is 3.27. The van der Waals surface area contributed by atoms with E-state index in [1.54, 1.807) is 11.3 Å². The summed E-state index contributed by atoms with van der Waals surface area (Å²) >= 11 is 1.74. The summed E-state index contributed by atoms with van der Waals surface area (Å²) in [5.41, 5.74) is 8.32. The first kappa shape index (κ1) is 13.3. The molecule has 1 heterocycles. The van der Waals surface area contributed by atoms with Crippen LogP contribution in [0.2, 0.25) is 0 Å². The lowest BCUT2D eigenvalue weighted by molar-refractivity contribution is 0.522. The van der Waals surface area contributed by atoms with Crippen molar-refractivity contribution in [3.05, 3.63) is 57.3 Å². The Morgan fingerprint density at radius 2 is 2.06 bits per heavy atom. The molecule has 3 N–H and O–H groups in total. The fourth-order valence-electron chi connectivity index (χ4n) is 2.17. The maximum absolute atomic E-state index is 5.68. The van der Waals surface area contributed by atoms with Crippen LogP contribution in [0, 0.1) is 13.8 Å². The van der Waals surface area contributed by atoms with Crippen molar-refractivity contribution in [2.75, 3.05) is 0 Å². The van der Waals surface area contributed by atoms with Gasteiger partial charge in [0.25, 0.3) is 0 Å². The summed E-state index contributed by atoms with van der Waals surface area (Å²) in [5, 5.41) is 4.30. The van der Waals surface area contributed by atoms with Crippen molar-refractivity contribution >= 4 is 11.3 Å². The van der Waals surface area contributed by atoms with Gasteiger partial charge in [0.2, 0.25) is 0 Å². The van der Waals surface area contributed by atoms with E-state index in [0.29, 0.717) is 6.04 Å². The maximum atomic E-state index is 5.68. The van der Waals surface area contributed by atoms with Gasteiger partial charge >= 0.3 is 0 Å². The van der Waals surface area contributed by atoms with Crippen LogP contribution in [0.5, 0.6) is 0 Å². The van der Waals surface area contributed by atoms with E-state index in [-0.39, 0.29) is 0 Å². The average Bonchev–Trinajstić information content (AvgIpc) is 2.85. The Balaban J connectivity index is 2.07. The Morgan fingerprint density at radius 3 is 2.72 bits per heavy atom. The van der Waals surface area contributed by atoms with Crippen molar-refractivity contribution < 1.29 is 0 Å². The normalized spacial score (nSPS) is 12.6. The van der Waals surface area contributed by atoms with Gasteiger partial charge in [0.05, 0.1) is 0 Å². The van der Waals surface area contributed by atoms with E-state index in [1.165, 1.54) is 22.3 Å². The molecule has 0 spiro atoms. The largest absolute Gasteiger partial charge is 0.271 e. The molecular weight excluding hydrogens is 240 g/mol. The Morgan fingerprint density at radius 1 is 1.22 bits per heavy atom. The maximum Gasteiger partial charge on any atom is 0.0291 e. The lowest BCUT2D eigenvalue weighted by Crippen LogP contribution is -2.38. The zero-order valence-electron chi connectivity index (χ0n) is 10.9. The number of nitrogens with two attached hydrogens (primary N) is 1. The first-order valence-electron chi connectivity index (χ1n) is 6.22. The third-order valence-corrected chi connectivity index (χ3v) is 4.00. The standard InChI is InChI=1S/C15H20N2S/c1-11-3-4-12(2)14(7-11)9-15(17-16)8-13-5-6-18-10-13/h3-7,10,15,17H,8-9,16H2,1-2H3. The minimum absolute atomic E-state index is 0.292. The molecule has 0 saturated heterocycles. The molecule has 0 radical (unpaired) electrons. The van der Waals surface area contributed by atoms with Crippen LogP contribution in [0.25, 0.3) is 0 Å². The molecule has 2 rings (SSSR count). The molecule has 18 heavy (non-hydrogen) atoms. The second-order valence-corrected chi connectivity index (χ2v) is 5.61. The molecule has 3 heteroatoms. The highest BCUT2D eigenvalue weighted by Gasteiger charge is 2.10. The zero-order chi connectivity index (χ0) is 13.0. The van der Waals surface area contributed by atoms with E-state index in [2.05, 4.69) is 54.3 Å². The summed E-state index contributed by atoms with van der Waals surface area (Å²) in [6, 6.07) is 9.05. The molecule has 2 nitrogen and oxygen atoms in total. The molecular formula is C15H20N2S. The first-order valence-corrected chi connectivity index (χ1v) is 7.16. The Bertz CT molecular complexity index is 491. The van der Waals surface area contributed by atoms with Crippen molar-refractivity contribution in [3.63, 3.8) is 0 Å². The predicted molar refractivity (Wildman–Crippen MR) is 78.8 cm³/mol. The van der Waals surface area contributed by atoms with Crippen LogP contribution in [0.1, 0.15) is 22.3 Å². The molecule has 0 bridgehead atoms. The Kier molecular flexibility index (Phi) is 4.53. The summed E-state index contributed by atoms with van der Waals surface area (Å²) in [7, 11) is 0. The number of benzene rings is 1. The first-order chi connectivity index (χ1) is 8.69. The fraction of sp³-hybridized carbons (Fsp3) is 0.333. The number of hydrazine groups is 1. The van der Waals surface area contributed by atoms with E-state index in [1.807, 2.05) is 0 Å². The molecule has 1 atom stereocenters. The summed E-state index contributed by atoms with van der Waals surface area (Å²) in [6.07, 6.45) is 1.95. The Labute approximate surface area is 113 Å². The predicted octanol–water partition coefficient (Wildman–Crippen LogP) is 2.98. The molecule has 96 valence electrons. The molecule has 1 unspecified atom stereocenters. The van der Waals surface area contributed by atoms with Crippen molar-refractivity contribution in [1.82, 2.24) is 5.43 Å². The number of aryl methyl sites for hydroxylation is 2. The second kappa shape index (κ2) is 6.14. The highest BCUT2D eigenvalue weighted by atomic mass is 32.1. The smallest absolute Gasteiger partial charge is 0.0291 e. The van der Waals surface area contributed by atoms with Gasteiger partial charge in [-0.3, -0.25) is 11.3 Å². The van der Waals surface area contributed by atoms with E-state index >= 15 is 0 Å². The summed E-state index contributed by atoms with van der Waals surface area (Å²) < 4.78 is 0. The second-order valence-electron chi connectivity index (χ2n) is 4.83. The van der Waals surface area contributed by atoms with Crippen LogP contribution in [0.4, 0.5) is 0 Å². The molecule has 1 aromatic heterocycles. The van der Waals surface area contributed by atoms with E-state index in [4.69, 9.17) is 5.84 Å². The van der Waals surface area contributed by atoms with Gasteiger partial charge < -0.3 is 0 Å². The highest BCUT2D eigenvalue weighted by Crippen LogP contribution is 2.15. The molecule has 0 aliphatic heterocycles. The minimum Gasteiger partial charge on any atom is -0.271 e. The van der Waals surface area contributed by atoms with Crippen LogP contribution in [-0.2, 0) is 12.8 Å². The van der Waals surface area contributed by atoms with Crippen LogP contribution < -0.4 is 11.3 Å². The molecule has 0 aliphatic rings. The van der Waals surface area contributed by atoms with Gasteiger partial charge in [-0.05, 0) is 60.2 Å². The molecule has 1 aromatic carbocycles. The van der Waals surface area contributed by atoms with Gasteiger partial charge in [0.1, 0.15) is 0 Å². The van der Waals surface area contributed by atoms with Crippen molar-refractivity contribution in [1.29, 1.82) is 0 Å². The Hall–Kier alpha value is -1.16.